The molecule has 2 N–H and O–H groups in total. The molecule has 1 aromatic carbocycles. The zero-order chi connectivity index (χ0) is 20.7. The number of benzene rings is 1. The van der Waals surface area contributed by atoms with E-state index in [1.54, 1.807) is 10.7 Å². The Bertz CT molecular complexity index is 963. The van der Waals surface area contributed by atoms with Gasteiger partial charge in [-0.05, 0) is 50.4 Å². The number of piperidine rings is 1. The number of hydrogen-bond donors (Lipinski definition) is 2. The van der Waals surface area contributed by atoms with Crippen molar-refractivity contribution in [1.29, 1.82) is 0 Å². The SMILES string of the molecule is Cc1cc(C)c(-n2cc3sc(NC[C@@H]4C[C@@H](C(F)F)CN(C)C4)nc3n2)c(O)c1. The predicted octanol–water partition coefficient (Wildman–Crippen LogP) is 4.05. The highest BCUT2D eigenvalue weighted by Gasteiger charge is 2.31. The summed E-state index contributed by atoms with van der Waals surface area (Å²) >= 11 is 1.48. The fraction of sp³-hybridized carbons (Fsp3) is 0.500. The molecular weight excluding hydrogens is 396 g/mol. The number of aromatic hydroxyl groups is 1. The first-order valence-corrected chi connectivity index (χ1v) is 10.5. The molecule has 3 aromatic rings. The first-order chi connectivity index (χ1) is 13.8. The Labute approximate surface area is 172 Å². The van der Waals surface area contributed by atoms with Gasteiger partial charge in [-0.15, -0.1) is 5.10 Å². The van der Waals surface area contributed by atoms with Gasteiger partial charge >= 0.3 is 0 Å². The van der Waals surface area contributed by atoms with Crippen LogP contribution in [0.3, 0.4) is 0 Å². The summed E-state index contributed by atoms with van der Waals surface area (Å²) in [5.41, 5.74) is 3.18. The lowest BCUT2D eigenvalue weighted by Crippen LogP contribution is -2.42. The summed E-state index contributed by atoms with van der Waals surface area (Å²) in [4.78, 5) is 6.50. The average molecular weight is 422 g/mol. The van der Waals surface area contributed by atoms with Crippen LogP contribution in [0.1, 0.15) is 17.5 Å². The molecule has 0 radical (unpaired) electrons. The van der Waals surface area contributed by atoms with Crippen LogP contribution >= 0.6 is 11.3 Å². The molecule has 9 heteroatoms. The van der Waals surface area contributed by atoms with Gasteiger partial charge in [0.25, 0.3) is 0 Å². The topological polar surface area (TPSA) is 66.2 Å². The number of nitrogens with one attached hydrogen (secondary N) is 1. The van der Waals surface area contributed by atoms with E-state index in [0.717, 1.165) is 27.5 Å². The standard InChI is InChI=1S/C20H25F2N5OS/c1-11-4-12(2)17(15(28)5-11)27-10-16-19(25-27)24-20(29-16)23-7-13-6-14(18(21)22)9-26(3)8-13/h4-5,10,13-14,18,28H,6-9H2,1-3H3,(H,23,24,25)/t13-,14+/m0/s1. The number of hydrogen-bond acceptors (Lipinski definition) is 6. The van der Waals surface area contributed by atoms with E-state index in [9.17, 15) is 13.9 Å². The lowest BCUT2D eigenvalue weighted by Gasteiger charge is -2.35. The Morgan fingerprint density at radius 2 is 2.10 bits per heavy atom. The number of phenols is 1. The molecule has 0 aliphatic carbocycles. The third-order valence-electron chi connectivity index (χ3n) is 5.38. The van der Waals surface area contributed by atoms with Crippen LogP contribution in [0.15, 0.2) is 18.3 Å². The van der Waals surface area contributed by atoms with E-state index in [1.807, 2.05) is 38.1 Å². The molecule has 2 atom stereocenters. The van der Waals surface area contributed by atoms with Crippen molar-refractivity contribution in [3.8, 4) is 11.4 Å². The van der Waals surface area contributed by atoms with E-state index in [0.29, 0.717) is 30.8 Å². The molecule has 0 bridgehead atoms. The molecule has 0 unspecified atom stereocenters. The first kappa shape index (κ1) is 20.0. The van der Waals surface area contributed by atoms with Gasteiger partial charge in [0.05, 0.1) is 10.9 Å². The molecule has 29 heavy (non-hydrogen) atoms. The maximum Gasteiger partial charge on any atom is 0.242 e. The summed E-state index contributed by atoms with van der Waals surface area (Å²) in [6, 6.07) is 3.71. The third-order valence-corrected chi connectivity index (χ3v) is 6.32. The Hall–Kier alpha value is -2.26. The number of rotatable bonds is 5. The molecule has 0 spiro atoms. The van der Waals surface area contributed by atoms with E-state index in [4.69, 9.17) is 0 Å². The van der Waals surface area contributed by atoms with Gasteiger partial charge in [-0.25, -0.2) is 13.5 Å². The minimum atomic E-state index is -2.27. The molecule has 1 fully saturated rings. The number of aromatic nitrogens is 3. The van der Waals surface area contributed by atoms with Crippen LogP contribution in [0, 0.1) is 25.7 Å². The lowest BCUT2D eigenvalue weighted by molar-refractivity contribution is 0.0180. The van der Waals surface area contributed by atoms with Crippen LogP contribution in [0.25, 0.3) is 16.0 Å². The molecule has 3 heterocycles. The van der Waals surface area contributed by atoms with Crippen molar-refractivity contribution < 1.29 is 13.9 Å². The number of alkyl halides is 2. The molecular formula is C20H25F2N5OS. The molecule has 1 saturated heterocycles. The van der Waals surface area contributed by atoms with Crippen LogP contribution < -0.4 is 5.32 Å². The fourth-order valence-electron chi connectivity index (χ4n) is 4.20. The number of halogens is 2. The van der Waals surface area contributed by atoms with E-state index < -0.39 is 12.3 Å². The number of nitrogens with zero attached hydrogens (tertiary/aromatic N) is 4. The molecule has 0 saturated carbocycles. The molecule has 1 aliphatic rings. The first-order valence-electron chi connectivity index (χ1n) is 9.67. The minimum Gasteiger partial charge on any atom is -0.506 e. The molecule has 156 valence electrons. The average Bonchev–Trinajstić information content (AvgIpc) is 3.17. The molecule has 6 nitrogen and oxygen atoms in total. The van der Waals surface area contributed by atoms with Gasteiger partial charge < -0.3 is 15.3 Å². The summed E-state index contributed by atoms with van der Waals surface area (Å²) in [6.07, 6.45) is 0.109. The second-order valence-corrected chi connectivity index (χ2v) is 9.06. The van der Waals surface area contributed by atoms with E-state index >= 15 is 0 Å². The van der Waals surface area contributed by atoms with Gasteiger partial charge in [-0.1, -0.05) is 17.4 Å². The molecule has 4 rings (SSSR count). The van der Waals surface area contributed by atoms with Crippen LogP contribution in [0.4, 0.5) is 13.9 Å². The zero-order valence-corrected chi connectivity index (χ0v) is 17.5. The van der Waals surface area contributed by atoms with Crippen molar-refractivity contribution in [2.45, 2.75) is 26.7 Å². The summed E-state index contributed by atoms with van der Waals surface area (Å²) in [5.74, 6) is -0.216. The number of anilines is 1. The molecule has 2 aromatic heterocycles. The summed E-state index contributed by atoms with van der Waals surface area (Å²) in [6.45, 7) is 5.74. The van der Waals surface area contributed by atoms with Crippen LogP contribution in [0.2, 0.25) is 0 Å². The Morgan fingerprint density at radius 1 is 1.31 bits per heavy atom. The van der Waals surface area contributed by atoms with Crippen LogP contribution in [-0.2, 0) is 0 Å². The van der Waals surface area contributed by atoms with Gasteiger partial charge in [0.1, 0.15) is 11.4 Å². The normalized spacial score (nSPS) is 20.6. The summed E-state index contributed by atoms with van der Waals surface area (Å²) in [5, 5.41) is 18.8. The Morgan fingerprint density at radius 3 is 2.79 bits per heavy atom. The zero-order valence-electron chi connectivity index (χ0n) is 16.7. The van der Waals surface area contributed by atoms with E-state index in [1.165, 1.54) is 11.3 Å². The van der Waals surface area contributed by atoms with Crippen molar-refractivity contribution in [2.24, 2.45) is 11.8 Å². The largest absolute Gasteiger partial charge is 0.506 e. The number of thiazole rings is 1. The maximum absolute atomic E-state index is 13.1. The molecule has 1 aliphatic heterocycles. The van der Waals surface area contributed by atoms with Gasteiger partial charge in [0, 0.05) is 25.6 Å². The summed E-state index contributed by atoms with van der Waals surface area (Å²) < 4.78 is 28.8. The number of fused-ring (bicyclic) bond motifs is 1. The highest BCUT2D eigenvalue weighted by atomic mass is 32.1. The number of phenolic OH excluding ortho intramolecular Hbond substituents is 1. The highest BCUT2D eigenvalue weighted by molar-refractivity contribution is 7.22. The van der Waals surface area contributed by atoms with Gasteiger partial charge in [-0.2, -0.15) is 4.98 Å². The van der Waals surface area contributed by atoms with Gasteiger partial charge in [0.2, 0.25) is 6.43 Å². The smallest absolute Gasteiger partial charge is 0.242 e. The van der Waals surface area contributed by atoms with Crippen molar-refractivity contribution >= 4 is 26.8 Å². The minimum absolute atomic E-state index is 0.163. The van der Waals surface area contributed by atoms with Crippen molar-refractivity contribution in [3.05, 3.63) is 29.5 Å². The van der Waals surface area contributed by atoms with Gasteiger partial charge in [-0.3, -0.25) is 0 Å². The lowest BCUT2D eigenvalue weighted by atomic mass is 9.89. The predicted molar refractivity (Wildman–Crippen MR) is 111 cm³/mol. The Kier molecular flexibility index (Phi) is 5.44. The molecule has 0 amide bonds. The van der Waals surface area contributed by atoms with Crippen molar-refractivity contribution in [2.75, 3.05) is 32.0 Å². The Balaban J connectivity index is 1.47. The fourth-order valence-corrected chi connectivity index (χ4v) is 5.03. The second kappa shape index (κ2) is 7.87. The number of aryl methyl sites for hydroxylation is 2. The van der Waals surface area contributed by atoms with Crippen molar-refractivity contribution in [3.63, 3.8) is 0 Å². The van der Waals surface area contributed by atoms with E-state index in [-0.39, 0.29) is 11.7 Å². The highest BCUT2D eigenvalue weighted by Crippen LogP contribution is 2.32. The monoisotopic (exact) mass is 421 g/mol. The number of likely N-dealkylation sites (tertiary alicyclic amines) is 1. The van der Waals surface area contributed by atoms with Gasteiger partial charge in [0.15, 0.2) is 10.8 Å². The summed E-state index contributed by atoms with van der Waals surface area (Å²) in [7, 11) is 1.89. The van der Waals surface area contributed by atoms with Crippen molar-refractivity contribution in [1.82, 2.24) is 19.7 Å². The van der Waals surface area contributed by atoms with E-state index in [2.05, 4.69) is 15.4 Å². The maximum atomic E-state index is 13.1. The quantitative estimate of drug-likeness (QED) is 0.651. The third kappa shape index (κ3) is 4.20. The van der Waals surface area contributed by atoms with Crippen LogP contribution in [0.5, 0.6) is 5.75 Å². The van der Waals surface area contributed by atoms with Crippen LogP contribution in [-0.4, -0.2) is 57.9 Å². The second-order valence-electron chi connectivity index (χ2n) is 8.03.